The maximum atomic E-state index is 13.8. The monoisotopic (exact) mass is 506 g/mol. The number of carbonyl (C=O) groups excluding carboxylic acids is 3. The zero-order chi connectivity index (χ0) is 24.5. The first-order chi connectivity index (χ1) is 16.4. The Balaban J connectivity index is 1.84. The van der Waals surface area contributed by atoms with Crippen molar-refractivity contribution in [1.29, 1.82) is 0 Å². The number of alkyl carbamates (subject to hydrolysis) is 2. The minimum Gasteiger partial charge on any atom is -0.448 e. The molecule has 1 heterocycles. The van der Waals surface area contributed by atoms with Crippen molar-refractivity contribution in [2.45, 2.75) is 23.6 Å². The molecule has 0 aliphatic carbocycles. The molecule has 0 unspecified atom stereocenters. The van der Waals surface area contributed by atoms with E-state index < -0.39 is 12.2 Å². The molecule has 9 nitrogen and oxygen atoms in total. The highest BCUT2D eigenvalue weighted by molar-refractivity contribution is 7.99. The summed E-state index contributed by atoms with van der Waals surface area (Å²) in [5.74, 6) is 0. The summed E-state index contributed by atoms with van der Waals surface area (Å²) in [4.78, 5) is 42.1. The van der Waals surface area contributed by atoms with Gasteiger partial charge in [-0.05, 0) is 44.2 Å². The topological polar surface area (TPSA) is 100 Å². The number of fused-ring (bicyclic) bond motifs is 2. The quantitative estimate of drug-likeness (QED) is 0.530. The van der Waals surface area contributed by atoms with Crippen LogP contribution in [-0.2, 0) is 9.47 Å². The van der Waals surface area contributed by atoms with Gasteiger partial charge in [0, 0.05) is 27.9 Å². The molecule has 0 radical (unpaired) electrons. The molecule has 2 aromatic carbocycles. The van der Waals surface area contributed by atoms with Gasteiger partial charge < -0.3 is 25.0 Å². The number of benzene rings is 2. The summed E-state index contributed by atoms with van der Waals surface area (Å²) >= 11 is 7.81. The van der Waals surface area contributed by atoms with Gasteiger partial charge in [-0.3, -0.25) is 4.90 Å². The van der Waals surface area contributed by atoms with Crippen LogP contribution < -0.4 is 15.5 Å². The number of anilines is 2. The molecule has 0 bridgehead atoms. The second-order valence-corrected chi connectivity index (χ2v) is 8.64. The number of carbonyl (C=O) groups is 3. The van der Waals surface area contributed by atoms with E-state index in [0.717, 1.165) is 9.79 Å². The number of amides is 4. The summed E-state index contributed by atoms with van der Waals surface area (Å²) in [6.07, 6.45) is -1.13. The van der Waals surface area contributed by atoms with Gasteiger partial charge in [0.25, 0.3) is 0 Å². The predicted octanol–water partition coefficient (Wildman–Crippen LogP) is 4.86. The lowest BCUT2D eigenvalue weighted by Crippen LogP contribution is -2.45. The van der Waals surface area contributed by atoms with E-state index in [1.54, 1.807) is 42.6 Å². The van der Waals surface area contributed by atoms with Crippen molar-refractivity contribution < 1.29 is 23.9 Å². The van der Waals surface area contributed by atoms with E-state index in [-0.39, 0.29) is 32.3 Å². The van der Waals surface area contributed by atoms with E-state index in [9.17, 15) is 14.4 Å². The molecule has 0 atom stereocenters. The summed E-state index contributed by atoms with van der Waals surface area (Å²) < 4.78 is 10.3. The normalized spacial score (nSPS) is 11.7. The van der Waals surface area contributed by atoms with E-state index >= 15 is 0 Å². The second kappa shape index (κ2) is 12.4. The molecule has 0 saturated heterocycles. The van der Waals surface area contributed by atoms with Crippen LogP contribution in [0.3, 0.4) is 0 Å². The Kier molecular flexibility index (Phi) is 9.29. The second-order valence-electron chi connectivity index (χ2n) is 7.12. The standard InChI is InChI=1S/C23H27ClN4O5S/c1-3-25-21(29)32-13-11-27(12-14-33-22(30)26-4-2)23(31)28-17-7-5-6-8-19(17)34-20-10-9-16(24)15-18(20)28/h5-10,15H,3-4,11-14H2,1-2H3,(H,25,29)(H,26,30). The van der Waals surface area contributed by atoms with Crippen molar-refractivity contribution in [2.24, 2.45) is 0 Å². The van der Waals surface area contributed by atoms with Crippen LogP contribution in [0.2, 0.25) is 5.02 Å². The van der Waals surface area contributed by atoms with Crippen molar-refractivity contribution >= 4 is 53.0 Å². The van der Waals surface area contributed by atoms with Crippen LogP contribution in [0.4, 0.5) is 25.8 Å². The van der Waals surface area contributed by atoms with Crippen molar-refractivity contribution in [3.63, 3.8) is 0 Å². The van der Waals surface area contributed by atoms with Crippen LogP contribution >= 0.6 is 23.4 Å². The fourth-order valence-corrected chi connectivity index (χ4v) is 4.47. The first-order valence-corrected chi connectivity index (χ1v) is 12.1. The zero-order valence-corrected chi connectivity index (χ0v) is 20.6. The number of nitrogens with zero attached hydrogens (tertiary/aromatic N) is 2. The minimum atomic E-state index is -0.565. The lowest BCUT2D eigenvalue weighted by molar-refractivity contribution is 0.114. The number of halogens is 1. The van der Waals surface area contributed by atoms with E-state index in [1.165, 1.54) is 4.90 Å². The smallest absolute Gasteiger partial charge is 0.407 e. The highest BCUT2D eigenvalue weighted by Gasteiger charge is 2.31. The Morgan fingerprint density at radius 2 is 1.50 bits per heavy atom. The Morgan fingerprint density at radius 1 is 0.912 bits per heavy atom. The highest BCUT2D eigenvalue weighted by Crippen LogP contribution is 2.49. The first-order valence-electron chi connectivity index (χ1n) is 10.9. The molecule has 3 rings (SSSR count). The van der Waals surface area contributed by atoms with Crippen LogP contribution in [0.15, 0.2) is 52.3 Å². The van der Waals surface area contributed by atoms with Gasteiger partial charge in [-0.2, -0.15) is 0 Å². The molecule has 0 spiro atoms. The van der Waals surface area contributed by atoms with Crippen molar-refractivity contribution in [1.82, 2.24) is 15.5 Å². The average molecular weight is 507 g/mol. The molecular formula is C23H27ClN4O5S. The minimum absolute atomic E-state index is 0.0225. The fourth-order valence-electron chi connectivity index (χ4n) is 3.27. The molecule has 1 aliphatic heterocycles. The van der Waals surface area contributed by atoms with Crippen molar-refractivity contribution in [3.05, 3.63) is 47.5 Å². The third-order valence-electron chi connectivity index (χ3n) is 4.78. The molecule has 2 aromatic rings. The third-order valence-corrected chi connectivity index (χ3v) is 6.15. The van der Waals surface area contributed by atoms with Crippen LogP contribution in [0.5, 0.6) is 0 Å². The summed E-state index contributed by atoms with van der Waals surface area (Å²) in [7, 11) is 0. The van der Waals surface area contributed by atoms with E-state index in [2.05, 4.69) is 10.6 Å². The van der Waals surface area contributed by atoms with Gasteiger partial charge in [-0.1, -0.05) is 35.5 Å². The van der Waals surface area contributed by atoms with Crippen molar-refractivity contribution in [2.75, 3.05) is 44.3 Å². The molecule has 182 valence electrons. The first kappa shape index (κ1) is 25.5. The Bertz CT molecular complexity index is 1010. The van der Waals surface area contributed by atoms with Crippen LogP contribution in [0, 0.1) is 0 Å². The number of para-hydroxylation sites is 1. The molecule has 34 heavy (non-hydrogen) atoms. The van der Waals surface area contributed by atoms with Gasteiger partial charge in [0.2, 0.25) is 0 Å². The summed E-state index contributed by atoms with van der Waals surface area (Å²) in [6, 6.07) is 12.6. The molecule has 0 aromatic heterocycles. The van der Waals surface area contributed by atoms with Gasteiger partial charge >= 0.3 is 18.2 Å². The van der Waals surface area contributed by atoms with Gasteiger partial charge in [-0.25, -0.2) is 14.4 Å². The number of rotatable bonds is 8. The summed E-state index contributed by atoms with van der Waals surface area (Å²) in [6.45, 7) is 4.60. The van der Waals surface area contributed by atoms with E-state index in [1.807, 2.05) is 30.3 Å². The lowest BCUT2D eigenvalue weighted by Gasteiger charge is -2.35. The molecule has 0 saturated carbocycles. The number of nitrogens with one attached hydrogen (secondary N) is 2. The molecule has 4 amide bonds. The van der Waals surface area contributed by atoms with Crippen LogP contribution in [0.1, 0.15) is 13.8 Å². The molecule has 0 fully saturated rings. The highest BCUT2D eigenvalue weighted by atomic mass is 35.5. The predicted molar refractivity (Wildman–Crippen MR) is 131 cm³/mol. The number of hydrogen-bond donors (Lipinski definition) is 2. The van der Waals surface area contributed by atoms with Crippen molar-refractivity contribution in [3.8, 4) is 0 Å². The Labute approximate surface area is 207 Å². The molecule has 1 aliphatic rings. The lowest BCUT2D eigenvalue weighted by atomic mass is 10.2. The maximum absolute atomic E-state index is 13.8. The number of urea groups is 1. The zero-order valence-electron chi connectivity index (χ0n) is 19.0. The molecule has 2 N–H and O–H groups in total. The fraction of sp³-hybridized carbons (Fsp3) is 0.348. The van der Waals surface area contributed by atoms with E-state index in [0.29, 0.717) is 29.5 Å². The summed E-state index contributed by atoms with van der Waals surface area (Å²) in [5, 5.41) is 5.59. The largest absolute Gasteiger partial charge is 0.448 e. The SMILES string of the molecule is CCNC(=O)OCCN(CCOC(=O)NCC)C(=O)N1c2ccccc2Sc2ccc(Cl)cc21. The number of hydrogen-bond acceptors (Lipinski definition) is 6. The van der Waals surface area contributed by atoms with Gasteiger partial charge in [-0.15, -0.1) is 0 Å². The summed E-state index contributed by atoms with van der Waals surface area (Å²) in [5.41, 5.74) is 1.37. The van der Waals surface area contributed by atoms with E-state index in [4.69, 9.17) is 21.1 Å². The number of ether oxygens (including phenoxy) is 2. The maximum Gasteiger partial charge on any atom is 0.407 e. The van der Waals surface area contributed by atoms with Crippen LogP contribution in [0.25, 0.3) is 0 Å². The van der Waals surface area contributed by atoms with Crippen LogP contribution in [-0.4, -0.2) is 62.5 Å². The Hall–Kier alpha value is -3.11. The third kappa shape index (κ3) is 6.48. The van der Waals surface area contributed by atoms with Gasteiger partial charge in [0.05, 0.1) is 24.5 Å². The molecular weight excluding hydrogens is 480 g/mol. The average Bonchev–Trinajstić information content (AvgIpc) is 2.81. The Morgan fingerprint density at radius 3 is 2.12 bits per heavy atom. The van der Waals surface area contributed by atoms with Gasteiger partial charge in [0.1, 0.15) is 13.2 Å². The van der Waals surface area contributed by atoms with Gasteiger partial charge in [0.15, 0.2) is 0 Å². The molecule has 11 heteroatoms.